The molecule has 5 nitrogen and oxygen atoms in total. The van der Waals surface area contributed by atoms with Crippen LogP contribution < -0.4 is 10.2 Å². The van der Waals surface area contributed by atoms with Crippen LogP contribution in [0.4, 0.5) is 5.69 Å². The molecule has 0 fully saturated rings. The fraction of sp³-hybridized carbons (Fsp3) is 0.294. The Kier molecular flexibility index (Phi) is 6.62. The maximum atomic E-state index is 11.6. The Balaban J connectivity index is 1.59. The van der Waals surface area contributed by atoms with E-state index >= 15 is 0 Å². The van der Waals surface area contributed by atoms with E-state index in [-0.39, 0.29) is 12.5 Å². The van der Waals surface area contributed by atoms with Crippen LogP contribution in [0.3, 0.4) is 0 Å². The molecule has 122 valence electrons. The predicted octanol–water partition coefficient (Wildman–Crippen LogP) is 2.55. The van der Waals surface area contributed by atoms with E-state index in [1.165, 1.54) is 11.3 Å². The lowest BCUT2D eigenvalue weighted by molar-refractivity contribution is -0.124. The number of rotatable bonds is 8. The Morgan fingerprint density at radius 3 is 2.70 bits per heavy atom. The molecule has 0 unspecified atom stereocenters. The second kappa shape index (κ2) is 8.95. The van der Waals surface area contributed by atoms with Crippen molar-refractivity contribution in [3.63, 3.8) is 0 Å². The van der Waals surface area contributed by atoms with E-state index in [1.807, 2.05) is 37.4 Å². The Bertz CT molecular complexity index is 614. The number of nitrogens with zero attached hydrogens (tertiary/aromatic N) is 1. The summed E-state index contributed by atoms with van der Waals surface area (Å²) in [4.78, 5) is 25.3. The van der Waals surface area contributed by atoms with E-state index in [0.717, 1.165) is 18.7 Å². The van der Waals surface area contributed by atoms with Gasteiger partial charge in [-0.25, -0.2) is 4.79 Å². The summed E-state index contributed by atoms with van der Waals surface area (Å²) in [6.45, 7) is 1.13. The predicted molar refractivity (Wildman–Crippen MR) is 91.9 cm³/mol. The third kappa shape index (κ3) is 5.75. The van der Waals surface area contributed by atoms with Gasteiger partial charge in [0.05, 0.1) is 5.56 Å². The first-order chi connectivity index (χ1) is 11.2. The highest BCUT2D eigenvalue weighted by Crippen LogP contribution is 2.10. The molecule has 0 aliphatic heterocycles. The quantitative estimate of drug-likeness (QED) is 0.596. The van der Waals surface area contributed by atoms with Crippen molar-refractivity contribution in [2.75, 3.05) is 31.6 Å². The van der Waals surface area contributed by atoms with Gasteiger partial charge in [-0.05, 0) is 30.0 Å². The van der Waals surface area contributed by atoms with Crippen LogP contribution in [0.1, 0.15) is 16.8 Å². The first-order valence-electron chi connectivity index (χ1n) is 7.39. The SMILES string of the molecule is CN(CCCNC(=O)COC(=O)c1ccsc1)c1ccccc1. The van der Waals surface area contributed by atoms with Crippen molar-refractivity contribution in [2.24, 2.45) is 0 Å². The second-order valence-electron chi connectivity index (χ2n) is 5.05. The first-order valence-corrected chi connectivity index (χ1v) is 8.33. The zero-order valence-electron chi connectivity index (χ0n) is 13.0. The molecule has 0 spiro atoms. The number of carbonyl (C=O) groups excluding carboxylic acids is 2. The zero-order valence-corrected chi connectivity index (χ0v) is 13.8. The summed E-state index contributed by atoms with van der Waals surface area (Å²) in [6.07, 6.45) is 0.815. The Morgan fingerprint density at radius 1 is 1.22 bits per heavy atom. The summed E-state index contributed by atoms with van der Waals surface area (Å²) >= 11 is 1.41. The summed E-state index contributed by atoms with van der Waals surface area (Å²) in [5.41, 5.74) is 1.62. The van der Waals surface area contributed by atoms with E-state index in [9.17, 15) is 9.59 Å². The van der Waals surface area contributed by atoms with Gasteiger partial charge in [0, 0.05) is 31.2 Å². The van der Waals surface area contributed by atoms with Gasteiger partial charge in [-0.15, -0.1) is 0 Å². The van der Waals surface area contributed by atoms with E-state index in [4.69, 9.17) is 4.74 Å². The van der Waals surface area contributed by atoms with Crippen LogP contribution in [0.5, 0.6) is 0 Å². The molecule has 1 aromatic heterocycles. The maximum absolute atomic E-state index is 11.6. The zero-order chi connectivity index (χ0) is 16.5. The lowest BCUT2D eigenvalue weighted by atomic mass is 10.3. The standard InChI is InChI=1S/C17H20N2O3S/c1-19(15-6-3-2-4-7-15)10-5-9-18-16(20)12-22-17(21)14-8-11-23-13-14/h2-4,6-8,11,13H,5,9-10,12H2,1H3,(H,18,20). The normalized spacial score (nSPS) is 10.1. The number of anilines is 1. The molecule has 2 aromatic rings. The number of carbonyl (C=O) groups is 2. The smallest absolute Gasteiger partial charge is 0.339 e. The maximum Gasteiger partial charge on any atom is 0.339 e. The monoisotopic (exact) mass is 332 g/mol. The van der Waals surface area contributed by atoms with E-state index in [1.54, 1.807) is 16.8 Å². The number of amides is 1. The third-order valence-electron chi connectivity index (χ3n) is 3.28. The molecule has 0 atom stereocenters. The number of hydrogen-bond acceptors (Lipinski definition) is 5. The number of esters is 1. The van der Waals surface area contributed by atoms with Crippen molar-refractivity contribution >= 4 is 28.9 Å². The summed E-state index contributed by atoms with van der Waals surface area (Å²) in [5.74, 6) is -0.749. The lowest BCUT2D eigenvalue weighted by Crippen LogP contribution is -2.31. The molecule has 0 aliphatic carbocycles. The fourth-order valence-electron chi connectivity index (χ4n) is 2.00. The van der Waals surface area contributed by atoms with E-state index < -0.39 is 5.97 Å². The molecular weight excluding hydrogens is 312 g/mol. The topological polar surface area (TPSA) is 58.6 Å². The Hall–Kier alpha value is -2.34. The molecule has 0 aliphatic rings. The van der Waals surface area contributed by atoms with Crippen LogP contribution in [0.25, 0.3) is 0 Å². The number of hydrogen-bond donors (Lipinski definition) is 1. The van der Waals surface area contributed by atoms with Gasteiger partial charge < -0.3 is 15.0 Å². The van der Waals surface area contributed by atoms with Crippen molar-refractivity contribution in [1.82, 2.24) is 5.32 Å². The van der Waals surface area contributed by atoms with Crippen molar-refractivity contribution in [3.8, 4) is 0 Å². The van der Waals surface area contributed by atoms with Gasteiger partial charge in [-0.3, -0.25) is 4.79 Å². The van der Waals surface area contributed by atoms with Crippen LogP contribution in [0.2, 0.25) is 0 Å². The van der Waals surface area contributed by atoms with Gasteiger partial charge in [-0.2, -0.15) is 11.3 Å². The molecular formula is C17H20N2O3S. The van der Waals surface area contributed by atoms with E-state index in [2.05, 4.69) is 10.2 Å². The molecule has 1 aromatic carbocycles. The summed E-state index contributed by atoms with van der Waals surface area (Å²) < 4.78 is 4.94. The van der Waals surface area contributed by atoms with Gasteiger partial charge in [0.25, 0.3) is 5.91 Å². The fourth-order valence-corrected chi connectivity index (χ4v) is 2.63. The number of ether oxygens (including phenoxy) is 1. The minimum atomic E-state index is -0.467. The van der Waals surface area contributed by atoms with Crippen LogP contribution in [-0.4, -0.2) is 38.6 Å². The van der Waals surface area contributed by atoms with Gasteiger partial charge in [0.1, 0.15) is 0 Å². The minimum Gasteiger partial charge on any atom is -0.452 e. The molecule has 0 radical (unpaired) electrons. The van der Waals surface area contributed by atoms with Gasteiger partial charge >= 0.3 is 5.97 Å². The first kappa shape index (κ1) is 17.0. The molecule has 0 bridgehead atoms. The average molecular weight is 332 g/mol. The molecule has 2 rings (SSSR count). The minimum absolute atomic E-state index is 0.247. The highest BCUT2D eigenvalue weighted by molar-refractivity contribution is 7.08. The molecule has 1 N–H and O–H groups in total. The summed E-state index contributed by atoms with van der Waals surface area (Å²) in [6, 6.07) is 11.7. The van der Waals surface area contributed by atoms with Crippen molar-refractivity contribution in [1.29, 1.82) is 0 Å². The molecule has 23 heavy (non-hydrogen) atoms. The average Bonchev–Trinajstić information content (AvgIpc) is 3.12. The molecule has 1 amide bonds. The van der Waals surface area contributed by atoms with Crippen LogP contribution in [0, 0.1) is 0 Å². The van der Waals surface area contributed by atoms with Gasteiger partial charge in [0.15, 0.2) is 6.61 Å². The molecule has 6 heteroatoms. The highest BCUT2D eigenvalue weighted by atomic mass is 32.1. The Morgan fingerprint density at radius 2 is 2.00 bits per heavy atom. The largest absolute Gasteiger partial charge is 0.452 e. The lowest BCUT2D eigenvalue weighted by Gasteiger charge is -2.19. The highest BCUT2D eigenvalue weighted by Gasteiger charge is 2.10. The van der Waals surface area contributed by atoms with Crippen molar-refractivity contribution in [2.45, 2.75) is 6.42 Å². The van der Waals surface area contributed by atoms with Crippen LogP contribution >= 0.6 is 11.3 Å². The van der Waals surface area contributed by atoms with Crippen molar-refractivity contribution in [3.05, 3.63) is 52.7 Å². The summed E-state index contributed by atoms with van der Waals surface area (Å²) in [5, 5.41) is 6.24. The van der Waals surface area contributed by atoms with Crippen LogP contribution in [0.15, 0.2) is 47.2 Å². The number of benzene rings is 1. The van der Waals surface area contributed by atoms with E-state index in [0.29, 0.717) is 12.1 Å². The van der Waals surface area contributed by atoms with Crippen molar-refractivity contribution < 1.29 is 14.3 Å². The third-order valence-corrected chi connectivity index (χ3v) is 3.96. The molecule has 0 saturated carbocycles. The number of para-hydroxylation sites is 1. The molecule has 1 heterocycles. The van der Waals surface area contributed by atoms with Crippen LogP contribution in [-0.2, 0) is 9.53 Å². The molecule has 0 saturated heterocycles. The van der Waals surface area contributed by atoms with Gasteiger partial charge in [0.2, 0.25) is 0 Å². The Labute approximate surface area is 139 Å². The number of nitrogens with one attached hydrogen (secondary N) is 1. The second-order valence-corrected chi connectivity index (χ2v) is 5.83. The summed E-state index contributed by atoms with van der Waals surface area (Å²) in [7, 11) is 2.01. The number of thiophene rings is 1. The van der Waals surface area contributed by atoms with Gasteiger partial charge in [-0.1, -0.05) is 18.2 Å².